The third kappa shape index (κ3) is 1.76. The summed E-state index contributed by atoms with van der Waals surface area (Å²) in [4.78, 5) is 7.07. The molecule has 102 valence electrons. The molecular weight excluding hydrogens is 252 g/mol. The molecule has 0 spiro atoms. The highest BCUT2D eigenvalue weighted by Crippen LogP contribution is 2.33. The molecule has 0 saturated carbocycles. The monoisotopic (exact) mass is 268 g/mol. The van der Waals surface area contributed by atoms with Crippen LogP contribution in [-0.4, -0.2) is 31.3 Å². The van der Waals surface area contributed by atoms with Crippen LogP contribution in [0.5, 0.6) is 0 Å². The standard InChI is InChI=1S/C16H16N2O2/c1-11-10-13-12-4-2-3-5-14(12)17-16(15(13)20-11)18-6-8-19-9-7-18/h2-5,10H,6-9H2,1H3. The molecule has 1 aliphatic heterocycles. The van der Waals surface area contributed by atoms with Crippen LogP contribution in [0.4, 0.5) is 5.82 Å². The number of anilines is 1. The third-order valence-corrected chi connectivity index (χ3v) is 3.79. The fourth-order valence-electron chi connectivity index (χ4n) is 2.83. The molecule has 0 unspecified atom stereocenters. The maximum absolute atomic E-state index is 5.92. The summed E-state index contributed by atoms with van der Waals surface area (Å²) in [5.41, 5.74) is 1.91. The van der Waals surface area contributed by atoms with Gasteiger partial charge in [-0.1, -0.05) is 18.2 Å². The summed E-state index contributed by atoms with van der Waals surface area (Å²) >= 11 is 0. The highest BCUT2D eigenvalue weighted by Gasteiger charge is 2.19. The highest BCUT2D eigenvalue weighted by molar-refractivity contribution is 6.08. The number of ether oxygens (including phenoxy) is 1. The quantitative estimate of drug-likeness (QED) is 0.679. The van der Waals surface area contributed by atoms with E-state index in [9.17, 15) is 0 Å². The second kappa shape index (κ2) is 4.49. The van der Waals surface area contributed by atoms with E-state index < -0.39 is 0 Å². The maximum Gasteiger partial charge on any atom is 0.177 e. The van der Waals surface area contributed by atoms with Crippen LogP contribution in [0.25, 0.3) is 21.9 Å². The van der Waals surface area contributed by atoms with E-state index in [0.29, 0.717) is 0 Å². The molecule has 0 bridgehead atoms. The van der Waals surface area contributed by atoms with Crippen LogP contribution in [0.15, 0.2) is 34.7 Å². The molecule has 1 aromatic carbocycles. The van der Waals surface area contributed by atoms with Crippen LogP contribution in [0.3, 0.4) is 0 Å². The number of hydrogen-bond donors (Lipinski definition) is 0. The number of aromatic nitrogens is 1. The van der Waals surface area contributed by atoms with E-state index >= 15 is 0 Å². The molecule has 0 amide bonds. The summed E-state index contributed by atoms with van der Waals surface area (Å²) < 4.78 is 11.3. The van der Waals surface area contributed by atoms with Crippen molar-refractivity contribution in [1.82, 2.24) is 4.98 Å². The predicted octanol–water partition coefficient (Wildman–Crippen LogP) is 3.13. The Kier molecular flexibility index (Phi) is 2.63. The van der Waals surface area contributed by atoms with Crippen molar-refractivity contribution in [2.45, 2.75) is 6.92 Å². The molecule has 20 heavy (non-hydrogen) atoms. The van der Waals surface area contributed by atoms with Crippen LogP contribution in [0.2, 0.25) is 0 Å². The van der Waals surface area contributed by atoms with Gasteiger partial charge in [-0.15, -0.1) is 0 Å². The fraction of sp³-hybridized carbons (Fsp3) is 0.312. The molecule has 0 aliphatic carbocycles. The van der Waals surface area contributed by atoms with Crippen LogP contribution in [0, 0.1) is 6.92 Å². The largest absolute Gasteiger partial charge is 0.457 e. The van der Waals surface area contributed by atoms with Crippen LogP contribution >= 0.6 is 0 Å². The lowest BCUT2D eigenvalue weighted by Crippen LogP contribution is -2.36. The molecule has 3 heterocycles. The zero-order valence-electron chi connectivity index (χ0n) is 11.4. The van der Waals surface area contributed by atoms with E-state index in [1.807, 2.05) is 19.1 Å². The van der Waals surface area contributed by atoms with Crippen LogP contribution in [0.1, 0.15) is 5.76 Å². The minimum Gasteiger partial charge on any atom is -0.457 e. The summed E-state index contributed by atoms with van der Waals surface area (Å²) in [6, 6.07) is 10.3. The number of rotatable bonds is 1. The molecule has 4 nitrogen and oxygen atoms in total. The highest BCUT2D eigenvalue weighted by atomic mass is 16.5. The third-order valence-electron chi connectivity index (χ3n) is 3.79. The molecule has 1 fully saturated rings. The Hall–Kier alpha value is -2.07. The average molecular weight is 268 g/mol. The molecule has 4 heteroatoms. The lowest BCUT2D eigenvalue weighted by Gasteiger charge is -2.28. The summed E-state index contributed by atoms with van der Waals surface area (Å²) in [6.07, 6.45) is 0. The Labute approximate surface area is 117 Å². The van der Waals surface area contributed by atoms with E-state index in [-0.39, 0.29) is 0 Å². The summed E-state index contributed by atoms with van der Waals surface area (Å²) in [5.74, 6) is 1.86. The first-order valence-electron chi connectivity index (χ1n) is 6.94. The molecule has 0 atom stereocenters. The van der Waals surface area contributed by atoms with Crippen molar-refractivity contribution in [2.75, 3.05) is 31.2 Å². The van der Waals surface area contributed by atoms with Crippen molar-refractivity contribution < 1.29 is 9.15 Å². The van der Waals surface area contributed by atoms with E-state index in [1.165, 1.54) is 0 Å². The van der Waals surface area contributed by atoms with Crippen LogP contribution in [-0.2, 0) is 4.74 Å². The first-order valence-corrected chi connectivity index (χ1v) is 6.94. The second-order valence-corrected chi connectivity index (χ2v) is 5.15. The first-order chi connectivity index (χ1) is 9.83. The van der Waals surface area contributed by atoms with Gasteiger partial charge in [-0.2, -0.15) is 0 Å². The predicted molar refractivity (Wildman–Crippen MR) is 79.3 cm³/mol. The van der Waals surface area contributed by atoms with Gasteiger partial charge in [0.25, 0.3) is 0 Å². The molecule has 0 N–H and O–H groups in total. The number of pyridine rings is 1. The molecule has 2 aromatic heterocycles. The number of furan rings is 1. The van der Waals surface area contributed by atoms with Crippen molar-refractivity contribution in [3.05, 3.63) is 36.1 Å². The SMILES string of the molecule is Cc1cc2c(o1)c(N1CCOCC1)nc1ccccc12. The van der Waals surface area contributed by atoms with Crippen molar-refractivity contribution in [3.63, 3.8) is 0 Å². The molecule has 1 aliphatic rings. The Balaban J connectivity index is 2.01. The Morgan fingerprint density at radius 3 is 2.75 bits per heavy atom. The van der Waals surface area contributed by atoms with Gasteiger partial charge in [-0.05, 0) is 19.1 Å². The minimum absolute atomic E-state index is 0.746. The number of benzene rings is 1. The molecule has 1 saturated heterocycles. The minimum atomic E-state index is 0.746. The zero-order chi connectivity index (χ0) is 13.5. The molecule has 3 aromatic rings. The van der Waals surface area contributed by atoms with Crippen molar-refractivity contribution in [3.8, 4) is 0 Å². The zero-order valence-corrected chi connectivity index (χ0v) is 11.4. The number of hydrogen-bond acceptors (Lipinski definition) is 4. The number of aryl methyl sites for hydroxylation is 1. The summed E-state index contributed by atoms with van der Waals surface area (Å²) in [7, 11) is 0. The van der Waals surface area contributed by atoms with Crippen molar-refractivity contribution in [1.29, 1.82) is 0 Å². The Bertz CT molecular complexity index is 773. The van der Waals surface area contributed by atoms with Gasteiger partial charge in [0, 0.05) is 23.9 Å². The summed E-state index contributed by atoms with van der Waals surface area (Å²) in [6.45, 7) is 5.20. The molecule has 4 rings (SSSR count). The van der Waals surface area contributed by atoms with Gasteiger partial charge in [-0.25, -0.2) is 4.98 Å². The smallest absolute Gasteiger partial charge is 0.177 e. The molecule has 0 radical (unpaired) electrons. The Morgan fingerprint density at radius 1 is 1.10 bits per heavy atom. The van der Waals surface area contributed by atoms with Crippen molar-refractivity contribution >= 4 is 27.7 Å². The van der Waals surface area contributed by atoms with Crippen molar-refractivity contribution in [2.24, 2.45) is 0 Å². The van der Waals surface area contributed by atoms with Gasteiger partial charge in [0.15, 0.2) is 11.4 Å². The van der Waals surface area contributed by atoms with Gasteiger partial charge < -0.3 is 14.1 Å². The van der Waals surface area contributed by atoms with E-state index in [2.05, 4.69) is 23.1 Å². The van der Waals surface area contributed by atoms with Gasteiger partial charge in [-0.3, -0.25) is 0 Å². The Morgan fingerprint density at radius 2 is 1.90 bits per heavy atom. The lowest BCUT2D eigenvalue weighted by atomic mass is 10.1. The lowest BCUT2D eigenvalue weighted by molar-refractivity contribution is 0.122. The maximum atomic E-state index is 5.92. The first kappa shape index (κ1) is 11.7. The van der Waals surface area contributed by atoms with Gasteiger partial charge in [0.1, 0.15) is 5.76 Å². The summed E-state index contributed by atoms with van der Waals surface area (Å²) in [5, 5.41) is 2.30. The van der Waals surface area contributed by atoms with Gasteiger partial charge in [0.05, 0.1) is 18.7 Å². The fourth-order valence-corrected chi connectivity index (χ4v) is 2.83. The van der Waals surface area contributed by atoms with E-state index in [4.69, 9.17) is 14.1 Å². The number of fused-ring (bicyclic) bond motifs is 3. The van der Waals surface area contributed by atoms with E-state index in [1.54, 1.807) is 0 Å². The number of para-hydroxylation sites is 1. The molecular formula is C16H16N2O2. The number of morpholine rings is 1. The van der Waals surface area contributed by atoms with Crippen LogP contribution < -0.4 is 4.90 Å². The number of nitrogens with zero attached hydrogens (tertiary/aromatic N) is 2. The van der Waals surface area contributed by atoms with Gasteiger partial charge in [0.2, 0.25) is 0 Å². The normalized spacial score (nSPS) is 16.1. The average Bonchev–Trinajstić information content (AvgIpc) is 2.89. The topological polar surface area (TPSA) is 38.5 Å². The van der Waals surface area contributed by atoms with Gasteiger partial charge >= 0.3 is 0 Å². The van der Waals surface area contributed by atoms with E-state index in [0.717, 1.165) is 59.8 Å². The second-order valence-electron chi connectivity index (χ2n) is 5.15.